The second-order valence-electron chi connectivity index (χ2n) is 19.3. The van der Waals surface area contributed by atoms with Gasteiger partial charge in [0.1, 0.15) is 0 Å². The molecule has 3 N–H and O–H groups in total. The van der Waals surface area contributed by atoms with E-state index in [-0.39, 0.29) is 18.5 Å². The Labute approximate surface area is 387 Å². The average Bonchev–Trinajstić information content (AvgIpc) is 3.27. The summed E-state index contributed by atoms with van der Waals surface area (Å²) in [5, 5.41) is 23.2. The van der Waals surface area contributed by atoms with Crippen LogP contribution in [0.3, 0.4) is 0 Å². The van der Waals surface area contributed by atoms with E-state index in [4.69, 9.17) is 4.74 Å². The first kappa shape index (κ1) is 60.6. The van der Waals surface area contributed by atoms with Gasteiger partial charge >= 0.3 is 5.97 Å². The third-order valence-electron chi connectivity index (χ3n) is 13.1. The van der Waals surface area contributed by atoms with Crippen LogP contribution in [0.5, 0.6) is 0 Å². The highest BCUT2D eigenvalue weighted by atomic mass is 16.5. The summed E-state index contributed by atoms with van der Waals surface area (Å²) < 4.78 is 5.48. The number of nitrogens with one attached hydrogen (secondary N) is 1. The highest BCUT2D eigenvalue weighted by Crippen LogP contribution is 2.17. The molecule has 0 saturated heterocycles. The number of hydrogen-bond donors (Lipinski definition) is 3. The van der Waals surface area contributed by atoms with Crippen molar-refractivity contribution in [1.82, 2.24) is 5.32 Å². The Kier molecular flexibility index (Phi) is 51.0. The number of ether oxygens (including phenoxy) is 1. The van der Waals surface area contributed by atoms with Gasteiger partial charge in [0.2, 0.25) is 5.91 Å². The van der Waals surface area contributed by atoms with Crippen molar-refractivity contribution in [2.75, 3.05) is 13.2 Å². The minimum atomic E-state index is -0.674. The van der Waals surface area contributed by atoms with Crippen LogP contribution in [0.25, 0.3) is 0 Å². The molecule has 368 valence electrons. The molecule has 2 unspecified atom stereocenters. The van der Waals surface area contributed by atoms with E-state index in [0.717, 1.165) is 57.8 Å². The maximum Gasteiger partial charge on any atom is 0.305 e. The zero-order valence-corrected chi connectivity index (χ0v) is 41.9. The molecule has 0 aliphatic rings. The molecule has 0 bridgehead atoms. The van der Waals surface area contributed by atoms with Crippen molar-refractivity contribution in [1.29, 1.82) is 0 Å². The molecule has 0 aromatic carbocycles. The van der Waals surface area contributed by atoms with Crippen molar-refractivity contribution in [3.63, 3.8) is 0 Å². The Hall–Kier alpha value is -1.40. The van der Waals surface area contributed by atoms with Gasteiger partial charge in [0.25, 0.3) is 0 Å². The normalized spacial score (nSPS) is 12.6. The monoisotopic (exact) mass is 876 g/mol. The van der Waals surface area contributed by atoms with E-state index in [1.165, 1.54) is 218 Å². The number of amides is 1. The Balaban J connectivity index is 3.44. The number of carbonyl (C=O) groups excluding carboxylic acids is 2. The number of aliphatic hydroxyl groups excluding tert-OH is 2. The number of rotatable bonds is 52. The van der Waals surface area contributed by atoms with Gasteiger partial charge in [0, 0.05) is 12.8 Å². The van der Waals surface area contributed by atoms with Gasteiger partial charge in [0.05, 0.1) is 25.4 Å². The van der Waals surface area contributed by atoms with Crippen LogP contribution in [0.2, 0.25) is 0 Å². The third-order valence-corrected chi connectivity index (χ3v) is 13.1. The highest BCUT2D eigenvalue weighted by molar-refractivity contribution is 5.76. The molecule has 2 atom stereocenters. The molecule has 0 aromatic heterocycles. The predicted molar refractivity (Wildman–Crippen MR) is 269 cm³/mol. The predicted octanol–water partition coefficient (Wildman–Crippen LogP) is 16.9. The minimum Gasteiger partial charge on any atom is -0.466 e. The number of unbranched alkanes of at least 4 members (excludes halogenated alkanes) is 39. The molecule has 0 heterocycles. The Bertz CT molecular complexity index is 924. The summed E-state index contributed by atoms with van der Waals surface area (Å²) >= 11 is 0. The first-order valence-corrected chi connectivity index (χ1v) is 27.9. The Morgan fingerprint density at radius 1 is 0.435 bits per heavy atom. The molecule has 0 radical (unpaired) electrons. The van der Waals surface area contributed by atoms with Crippen molar-refractivity contribution >= 4 is 11.9 Å². The lowest BCUT2D eigenvalue weighted by Gasteiger charge is -2.22. The van der Waals surface area contributed by atoms with E-state index >= 15 is 0 Å². The molecule has 0 spiro atoms. The van der Waals surface area contributed by atoms with Crippen LogP contribution >= 0.6 is 0 Å². The van der Waals surface area contributed by atoms with Crippen LogP contribution in [0.4, 0.5) is 0 Å². The van der Waals surface area contributed by atoms with Crippen LogP contribution in [-0.2, 0) is 14.3 Å². The number of aliphatic hydroxyl groups is 2. The highest BCUT2D eigenvalue weighted by Gasteiger charge is 2.20. The quantitative estimate of drug-likeness (QED) is 0.0321. The van der Waals surface area contributed by atoms with Gasteiger partial charge in [-0.1, -0.05) is 257 Å². The molecule has 0 aliphatic heterocycles. The molecule has 62 heavy (non-hydrogen) atoms. The van der Waals surface area contributed by atoms with Crippen molar-refractivity contribution in [2.24, 2.45) is 0 Å². The van der Waals surface area contributed by atoms with E-state index in [0.29, 0.717) is 25.9 Å². The molecular formula is C56H109NO5. The van der Waals surface area contributed by atoms with Gasteiger partial charge in [-0.05, 0) is 51.4 Å². The van der Waals surface area contributed by atoms with Crippen LogP contribution in [0.1, 0.15) is 309 Å². The molecular weight excluding hydrogens is 767 g/mol. The van der Waals surface area contributed by atoms with E-state index in [9.17, 15) is 19.8 Å². The summed E-state index contributed by atoms with van der Waals surface area (Å²) in [4.78, 5) is 24.5. The number of allylic oxidation sites excluding steroid dienone is 2. The van der Waals surface area contributed by atoms with E-state index in [1.54, 1.807) is 0 Å². The second-order valence-corrected chi connectivity index (χ2v) is 19.3. The lowest BCUT2D eigenvalue weighted by atomic mass is 10.0. The van der Waals surface area contributed by atoms with Crippen molar-refractivity contribution in [3.05, 3.63) is 12.2 Å². The summed E-state index contributed by atoms with van der Waals surface area (Å²) in [5.74, 6) is -0.0603. The fourth-order valence-corrected chi connectivity index (χ4v) is 8.75. The summed E-state index contributed by atoms with van der Waals surface area (Å²) in [6, 6.07) is -0.552. The van der Waals surface area contributed by atoms with Crippen LogP contribution in [0, 0.1) is 0 Å². The maximum absolute atomic E-state index is 12.5. The van der Waals surface area contributed by atoms with E-state index in [2.05, 4.69) is 31.3 Å². The van der Waals surface area contributed by atoms with Gasteiger partial charge in [-0.2, -0.15) is 0 Å². The van der Waals surface area contributed by atoms with E-state index in [1.807, 2.05) is 0 Å². The molecule has 6 nitrogen and oxygen atoms in total. The smallest absolute Gasteiger partial charge is 0.305 e. The average molecular weight is 876 g/mol. The van der Waals surface area contributed by atoms with Crippen molar-refractivity contribution in [3.8, 4) is 0 Å². The van der Waals surface area contributed by atoms with Gasteiger partial charge in [-0.25, -0.2) is 0 Å². The van der Waals surface area contributed by atoms with E-state index < -0.39 is 12.1 Å². The Morgan fingerprint density at radius 3 is 1.15 bits per heavy atom. The van der Waals surface area contributed by atoms with Gasteiger partial charge < -0.3 is 20.3 Å². The molecule has 0 fully saturated rings. The van der Waals surface area contributed by atoms with Crippen LogP contribution in [0.15, 0.2) is 12.2 Å². The summed E-state index contributed by atoms with van der Waals surface area (Å²) in [6.45, 7) is 4.93. The zero-order chi connectivity index (χ0) is 45.1. The first-order valence-electron chi connectivity index (χ1n) is 27.9. The molecule has 0 aliphatic carbocycles. The summed E-state index contributed by atoms with van der Waals surface area (Å²) in [7, 11) is 0. The number of hydrogen-bond acceptors (Lipinski definition) is 5. The van der Waals surface area contributed by atoms with Gasteiger partial charge in [-0.15, -0.1) is 0 Å². The third kappa shape index (κ3) is 48.1. The minimum absolute atomic E-state index is 0.0115. The van der Waals surface area contributed by atoms with Crippen LogP contribution < -0.4 is 5.32 Å². The molecule has 0 saturated carbocycles. The second kappa shape index (κ2) is 52.2. The van der Waals surface area contributed by atoms with Crippen molar-refractivity contribution < 1.29 is 24.5 Å². The summed E-state index contributed by atoms with van der Waals surface area (Å²) in [6.07, 6.45) is 60.4. The molecule has 0 rings (SSSR count). The van der Waals surface area contributed by atoms with Crippen molar-refractivity contribution in [2.45, 2.75) is 321 Å². The lowest BCUT2D eigenvalue weighted by Crippen LogP contribution is -2.45. The largest absolute Gasteiger partial charge is 0.466 e. The SMILES string of the molecule is CCCCCCCCC/C=C\CCCCCCCCCC(=O)OCCCCCCCCCCCCCCC(=O)NC(CO)C(O)CCCCCCCCCCCCCCCCC. The fourth-order valence-electron chi connectivity index (χ4n) is 8.75. The Morgan fingerprint density at radius 2 is 0.758 bits per heavy atom. The van der Waals surface area contributed by atoms with Gasteiger partial charge in [0.15, 0.2) is 0 Å². The van der Waals surface area contributed by atoms with Crippen LogP contribution in [-0.4, -0.2) is 47.4 Å². The standard InChI is InChI=1S/C56H109NO5/c1-3-5-7-9-11-13-15-17-19-20-21-23-25-30-34-38-42-46-50-56(61)62-51-47-43-39-35-31-27-26-29-33-37-41-45-49-55(60)57-53(52-58)54(59)48-44-40-36-32-28-24-22-18-16-14-12-10-8-6-4-2/h19-20,53-54,58-59H,3-18,21-52H2,1-2H3,(H,57,60)/b20-19-. The molecule has 1 amide bonds. The molecule has 6 heteroatoms. The van der Waals surface area contributed by atoms with Gasteiger partial charge in [-0.3, -0.25) is 9.59 Å². The first-order chi connectivity index (χ1) is 30.5. The fraction of sp³-hybridized carbons (Fsp3) is 0.929. The maximum atomic E-state index is 12.5. The lowest BCUT2D eigenvalue weighted by molar-refractivity contribution is -0.143. The number of esters is 1. The number of carbonyl (C=O) groups is 2. The zero-order valence-electron chi connectivity index (χ0n) is 41.9. The summed E-state index contributed by atoms with van der Waals surface area (Å²) in [5.41, 5.74) is 0. The topological polar surface area (TPSA) is 95.9 Å². The molecule has 0 aromatic rings.